The quantitative estimate of drug-likeness (QED) is 0.886. The van der Waals surface area contributed by atoms with E-state index in [0.29, 0.717) is 11.6 Å². The number of aromatic amines is 1. The zero-order valence-electron chi connectivity index (χ0n) is 14.0. The lowest BCUT2D eigenvalue weighted by molar-refractivity contribution is 0.0737. The van der Waals surface area contributed by atoms with Gasteiger partial charge in [0.1, 0.15) is 11.5 Å². The van der Waals surface area contributed by atoms with E-state index < -0.39 is 0 Å². The van der Waals surface area contributed by atoms with Crippen LogP contribution in [0.5, 0.6) is 0 Å². The van der Waals surface area contributed by atoms with Crippen molar-refractivity contribution in [2.75, 3.05) is 18.4 Å². The number of carbonyl (C=O) groups is 1. The summed E-state index contributed by atoms with van der Waals surface area (Å²) in [6, 6.07) is 8.06. The Morgan fingerprint density at radius 1 is 1.38 bits per heavy atom. The van der Waals surface area contributed by atoms with E-state index in [1.165, 1.54) is 12.8 Å². The summed E-state index contributed by atoms with van der Waals surface area (Å²) in [5, 5.41) is 10.6. The number of rotatable bonds is 5. The second kappa shape index (κ2) is 6.26. The van der Waals surface area contributed by atoms with Crippen LogP contribution in [0.3, 0.4) is 0 Å². The van der Waals surface area contributed by atoms with Gasteiger partial charge in [0.25, 0.3) is 5.91 Å². The van der Waals surface area contributed by atoms with Crippen LogP contribution in [-0.4, -0.2) is 45.1 Å². The average Bonchev–Trinajstić information content (AvgIpc) is 3.13. The largest absolute Gasteiger partial charge is 0.368 e. The number of H-pyrrole nitrogens is 1. The van der Waals surface area contributed by atoms with Gasteiger partial charge in [-0.05, 0) is 50.8 Å². The van der Waals surface area contributed by atoms with Gasteiger partial charge in [-0.15, -0.1) is 0 Å². The fraction of sp³-hybridized carbons (Fsp3) is 0.500. The normalized spacial score (nSPS) is 20.4. The lowest BCUT2D eigenvalue weighted by Crippen LogP contribution is -2.39. The highest BCUT2D eigenvalue weighted by Crippen LogP contribution is 2.39. The number of nitrogens with zero attached hydrogens (tertiary/aromatic N) is 3. The van der Waals surface area contributed by atoms with E-state index in [2.05, 4.69) is 20.5 Å². The summed E-state index contributed by atoms with van der Waals surface area (Å²) in [5.74, 6) is 1.49. The molecule has 2 aliphatic rings. The zero-order valence-corrected chi connectivity index (χ0v) is 14.0. The van der Waals surface area contributed by atoms with Crippen molar-refractivity contribution in [1.29, 1.82) is 0 Å². The number of carbonyl (C=O) groups excluding carboxylic acids is 1. The highest BCUT2D eigenvalue weighted by molar-refractivity contribution is 5.92. The summed E-state index contributed by atoms with van der Waals surface area (Å²) in [6.45, 7) is 3.51. The fourth-order valence-corrected chi connectivity index (χ4v) is 3.38. The summed E-state index contributed by atoms with van der Waals surface area (Å²) in [4.78, 5) is 19.2. The SMILES string of the molecule is Cc1cccc(NC[C@H]2CCCN2C(=O)c2cc(C3CC3)[nH]n2)n1. The first-order valence-electron chi connectivity index (χ1n) is 8.74. The van der Waals surface area contributed by atoms with Crippen molar-refractivity contribution >= 4 is 11.7 Å². The first kappa shape index (κ1) is 15.2. The maximum atomic E-state index is 12.8. The maximum absolute atomic E-state index is 12.8. The number of hydrogen-bond donors (Lipinski definition) is 2. The van der Waals surface area contributed by atoms with Gasteiger partial charge in [0, 0.05) is 36.4 Å². The van der Waals surface area contributed by atoms with E-state index in [1.54, 1.807) is 0 Å². The van der Waals surface area contributed by atoms with Crippen molar-refractivity contribution < 1.29 is 4.79 Å². The van der Waals surface area contributed by atoms with Crippen LogP contribution in [-0.2, 0) is 0 Å². The van der Waals surface area contributed by atoms with Crippen molar-refractivity contribution in [3.05, 3.63) is 41.3 Å². The Labute approximate surface area is 141 Å². The average molecular weight is 325 g/mol. The van der Waals surface area contributed by atoms with Gasteiger partial charge in [0.15, 0.2) is 0 Å². The molecular formula is C18H23N5O. The summed E-state index contributed by atoms with van der Waals surface area (Å²) in [7, 11) is 0. The van der Waals surface area contributed by atoms with Gasteiger partial charge in [0.2, 0.25) is 0 Å². The van der Waals surface area contributed by atoms with Gasteiger partial charge in [-0.1, -0.05) is 6.07 Å². The Morgan fingerprint density at radius 3 is 3.04 bits per heavy atom. The molecule has 2 N–H and O–H groups in total. The van der Waals surface area contributed by atoms with Gasteiger partial charge in [0.05, 0.1) is 0 Å². The molecule has 0 aromatic carbocycles. The second-order valence-corrected chi connectivity index (χ2v) is 6.82. The van der Waals surface area contributed by atoms with E-state index in [9.17, 15) is 4.79 Å². The van der Waals surface area contributed by atoms with E-state index in [1.807, 2.05) is 36.1 Å². The molecule has 0 unspecified atom stereocenters. The van der Waals surface area contributed by atoms with Gasteiger partial charge in [-0.3, -0.25) is 9.89 Å². The number of anilines is 1. The standard InChI is InChI=1S/C18H23N5O/c1-12-4-2-6-17(20-12)19-11-14-5-3-9-23(14)18(24)16-10-15(21-22-16)13-7-8-13/h2,4,6,10,13-14H,3,5,7-9,11H2,1H3,(H,19,20)(H,21,22)/t14-/m1/s1. The molecule has 3 heterocycles. The maximum Gasteiger partial charge on any atom is 0.274 e. The molecule has 1 aliphatic carbocycles. The number of hydrogen-bond acceptors (Lipinski definition) is 4. The molecule has 1 atom stereocenters. The minimum absolute atomic E-state index is 0.0413. The molecule has 0 spiro atoms. The monoisotopic (exact) mass is 325 g/mol. The number of aryl methyl sites for hydroxylation is 1. The minimum Gasteiger partial charge on any atom is -0.368 e. The molecule has 2 aromatic heterocycles. The van der Waals surface area contributed by atoms with Crippen LogP contribution in [0.25, 0.3) is 0 Å². The van der Waals surface area contributed by atoms with Crippen molar-refractivity contribution in [1.82, 2.24) is 20.1 Å². The molecular weight excluding hydrogens is 302 g/mol. The third-order valence-electron chi connectivity index (χ3n) is 4.88. The Morgan fingerprint density at radius 2 is 2.25 bits per heavy atom. The molecule has 2 aromatic rings. The third kappa shape index (κ3) is 3.13. The zero-order chi connectivity index (χ0) is 16.5. The predicted octanol–water partition coefficient (Wildman–Crippen LogP) is 2.71. The predicted molar refractivity (Wildman–Crippen MR) is 92.1 cm³/mol. The van der Waals surface area contributed by atoms with Crippen LogP contribution in [0.1, 0.15) is 53.5 Å². The molecule has 2 fully saturated rings. The molecule has 6 heteroatoms. The highest BCUT2D eigenvalue weighted by Gasteiger charge is 2.32. The van der Waals surface area contributed by atoms with Crippen molar-refractivity contribution in [3.8, 4) is 0 Å². The van der Waals surface area contributed by atoms with Crippen LogP contribution in [0.4, 0.5) is 5.82 Å². The Hall–Kier alpha value is -2.37. The molecule has 6 nitrogen and oxygen atoms in total. The Bertz CT molecular complexity index is 737. The van der Waals surface area contributed by atoms with E-state index >= 15 is 0 Å². The lowest BCUT2D eigenvalue weighted by atomic mass is 10.2. The summed E-state index contributed by atoms with van der Waals surface area (Å²) in [6.07, 6.45) is 4.47. The van der Waals surface area contributed by atoms with E-state index in [4.69, 9.17) is 0 Å². The molecule has 1 saturated carbocycles. The van der Waals surface area contributed by atoms with Crippen molar-refractivity contribution in [3.63, 3.8) is 0 Å². The van der Waals surface area contributed by atoms with Gasteiger partial charge in [-0.2, -0.15) is 5.10 Å². The van der Waals surface area contributed by atoms with Gasteiger partial charge >= 0.3 is 0 Å². The highest BCUT2D eigenvalue weighted by atomic mass is 16.2. The molecule has 1 amide bonds. The van der Waals surface area contributed by atoms with Crippen LogP contribution < -0.4 is 5.32 Å². The Balaban J connectivity index is 1.40. The van der Waals surface area contributed by atoms with E-state index in [-0.39, 0.29) is 11.9 Å². The molecule has 0 radical (unpaired) electrons. The van der Waals surface area contributed by atoms with Crippen LogP contribution in [0.2, 0.25) is 0 Å². The molecule has 1 saturated heterocycles. The first-order valence-corrected chi connectivity index (χ1v) is 8.74. The number of likely N-dealkylation sites (tertiary alicyclic amines) is 1. The fourth-order valence-electron chi connectivity index (χ4n) is 3.38. The van der Waals surface area contributed by atoms with Gasteiger partial charge < -0.3 is 10.2 Å². The number of amides is 1. The molecule has 126 valence electrons. The molecule has 24 heavy (non-hydrogen) atoms. The second-order valence-electron chi connectivity index (χ2n) is 6.82. The van der Waals surface area contributed by atoms with Crippen LogP contribution in [0.15, 0.2) is 24.3 Å². The summed E-state index contributed by atoms with van der Waals surface area (Å²) in [5.41, 5.74) is 2.65. The van der Waals surface area contributed by atoms with E-state index in [0.717, 1.165) is 43.1 Å². The molecule has 1 aliphatic heterocycles. The van der Waals surface area contributed by atoms with Crippen LogP contribution >= 0.6 is 0 Å². The summed E-state index contributed by atoms with van der Waals surface area (Å²) < 4.78 is 0. The Kier molecular flexibility index (Phi) is 3.96. The van der Waals surface area contributed by atoms with Crippen molar-refractivity contribution in [2.45, 2.75) is 44.6 Å². The van der Waals surface area contributed by atoms with Gasteiger partial charge in [-0.25, -0.2) is 4.98 Å². The molecule has 0 bridgehead atoms. The lowest BCUT2D eigenvalue weighted by Gasteiger charge is -2.24. The number of nitrogens with one attached hydrogen (secondary N) is 2. The topological polar surface area (TPSA) is 73.9 Å². The van der Waals surface area contributed by atoms with Crippen molar-refractivity contribution in [2.24, 2.45) is 0 Å². The minimum atomic E-state index is 0.0413. The number of pyridine rings is 1. The van der Waals surface area contributed by atoms with Crippen LogP contribution in [0, 0.1) is 6.92 Å². The smallest absolute Gasteiger partial charge is 0.274 e. The molecule has 4 rings (SSSR count). The third-order valence-corrected chi connectivity index (χ3v) is 4.88. The first-order chi connectivity index (χ1) is 11.7. The number of aromatic nitrogens is 3. The summed E-state index contributed by atoms with van der Waals surface area (Å²) >= 11 is 0.